The van der Waals surface area contributed by atoms with Gasteiger partial charge in [0.15, 0.2) is 5.82 Å². The molecule has 230 valence electrons. The largest absolute Gasteiger partial charge is 0.388 e. The summed E-state index contributed by atoms with van der Waals surface area (Å²) in [5.41, 5.74) is 15.0. The number of halogens is 2. The molecule has 11 heteroatoms. The Labute approximate surface area is 256 Å². The second kappa shape index (κ2) is 16.7. The number of aromatic amines is 1. The van der Waals surface area contributed by atoms with Gasteiger partial charge in [0.1, 0.15) is 5.65 Å². The Bertz CT molecular complexity index is 1560. The van der Waals surface area contributed by atoms with E-state index in [0.717, 1.165) is 36.9 Å². The Balaban J connectivity index is 0.00000248. The van der Waals surface area contributed by atoms with Crippen LogP contribution in [0.5, 0.6) is 0 Å². The third-order valence-electron chi connectivity index (χ3n) is 6.72. The number of ether oxygens (including phenoxy) is 1. The highest BCUT2D eigenvalue weighted by molar-refractivity contribution is 6.31. The number of rotatable bonds is 14. The molecular weight excluding hydrogens is 569 g/mol. The van der Waals surface area contributed by atoms with Crippen molar-refractivity contribution < 1.29 is 9.13 Å². The standard InChI is InChI=1S/C30H37ClFN7O2.C2H4/c1-19(33)36-12-4-11-35-16-20-7-9-24(10-8-20)39-17-22-15-27(37-29(22)38-30(39)40)25-13-21(14-26(31)28(25)32)5-3-6-23(34)18-41-2;1-2/h7-10,13-15,17,23,35H,3-6,11-12,16,18,34H2,1-2H3,(H2,33,36)(H,37,38,40);1-2H2. The number of fused-ring (bicyclic) bond motifs is 1. The third-order valence-corrected chi connectivity index (χ3v) is 7.00. The van der Waals surface area contributed by atoms with Gasteiger partial charge in [0.25, 0.3) is 0 Å². The number of aliphatic imine (C=N–C) groups is 1. The molecule has 0 saturated heterocycles. The van der Waals surface area contributed by atoms with Gasteiger partial charge in [-0.15, -0.1) is 13.2 Å². The van der Waals surface area contributed by atoms with Crippen LogP contribution in [0.25, 0.3) is 28.0 Å². The van der Waals surface area contributed by atoms with Crippen molar-refractivity contribution in [2.24, 2.45) is 16.5 Å². The van der Waals surface area contributed by atoms with E-state index in [4.69, 9.17) is 27.8 Å². The number of aromatic nitrogens is 3. The topological polar surface area (TPSA) is 136 Å². The van der Waals surface area contributed by atoms with Crippen molar-refractivity contribution in [3.63, 3.8) is 0 Å². The SMILES string of the molecule is C=C.COCC(N)CCCc1cc(Cl)c(F)c(-c2cc3cn(-c4ccc(CNCCCN=C(C)N)cc4)c(=O)nc3[nH]2)c1. The van der Waals surface area contributed by atoms with Crippen molar-refractivity contribution in [1.82, 2.24) is 19.9 Å². The van der Waals surface area contributed by atoms with Crippen LogP contribution in [0, 0.1) is 5.82 Å². The molecule has 1 unspecified atom stereocenters. The Morgan fingerprint density at radius 3 is 2.65 bits per heavy atom. The van der Waals surface area contributed by atoms with Crippen LogP contribution in [0.1, 0.15) is 37.3 Å². The van der Waals surface area contributed by atoms with Crippen molar-refractivity contribution in [3.8, 4) is 16.9 Å². The van der Waals surface area contributed by atoms with Gasteiger partial charge in [-0.3, -0.25) is 9.56 Å². The van der Waals surface area contributed by atoms with Gasteiger partial charge in [-0.05, 0) is 80.6 Å². The molecule has 0 aliphatic carbocycles. The van der Waals surface area contributed by atoms with Crippen LogP contribution in [-0.2, 0) is 17.7 Å². The summed E-state index contributed by atoms with van der Waals surface area (Å²) >= 11 is 6.25. The van der Waals surface area contributed by atoms with Crippen LogP contribution in [0.3, 0.4) is 0 Å². The van der Waals surface area contributed by atoms with Gasteiger partial charge in [0.05, 0.1) is 28.8 Å². The van der Waals surface area contributed by atoms with E-state index in [9.17, 15) is 4.79 Å². The summed E-state index contributed by atoms with van der Waals surface area (Å²) in [4.78, 5) is 24.3. The summed E-state index contributed by atoms with van der Waals surface area (Å²) in [5.74, 6) is 0.0656. The first kappa shape index (κ1) is 33.7. The lowest BCUT2D eigenvalue weighted by Gasteiger charge is -2.11. The van der Waals surface area contributed by atoms with Crippen molar-refractivity contribution in [2.45, 2.75) is 45.2 Å². The summed E-state index contributed by atoms with van der Waals surface area (Å²) in [7, 11) is 1.62. The lowest BCUT2D eigenvalue weighted by molar-refractivity contribution is 0.176. The van der Waals surface area contributed by atoms with E-state index < -0.39 is 11.5 Å². The molecule has 0 radical (unpaired) electrons. The monoisotopic (exact) mass is 609 g/mol. The molecule has 9 nitrogen and oxygen atoms in total. The number of nitrogens with one attached hydrogen (secondary N) is 2. The summed E-state index contributed by atoms with van der Waals surface area (Å²) in [6.07, 6.45) is 4.90. The molecular formula is C32H41ClFN7O2. The highest BCUT2D eigenvalue weighted by Gasteiger charge is 2.16. The van der Waals surface area contributed by atoms with Crippen LogP contribution < -0.4 is 22.5 Å². The molecule has 1 atom stereocenters. The smallest absolute Gasteiger partial charge is 0.354 e. The van der Waals surface area contributed by atoms with Crippen LogP contribution in [0.15, 0.2) is 71.6 Å². The number of nitrogens with two attached hydrogens (primary N) is 2. The van der Waals surface area contributed by atoms with Crippen molar-refractivity contribution in [3.05, 3.63) is 94.3 Å². The van der Waals surface area contributed by atoms with E-state index in [0.29, 0.717) is 59.9 Å². The maximum Gasteiger partial charge on any atom is 0.354 e. The molecule has 0 bridgehead atoms. The minimum absolute atomic E-state index is 0.0404. The zero-order chi connectivity index (χ0) is 31.4. The Morgan fingerprint density at radius 2 is 1.95 bits per heavy atom. The second-order valence-electron chi connectivity index (χ2n) is 10.1. The maximum atomic E-state index is 15.1. The lowest BCUT2D eigenvalue weighted by atomic mass is 10.0. The first-order valence-corrected chi connectivity index (χ1v) is 14.5. The van der Waals surface area contributed by atoms with Gasteiger partial charge in [-0.25, -0.2) is 9.18 Å². The molecule has 6 N–H and O–H groups in total. The van der Waals surface area contributed by atoms with Crippen LogP contribution in [-0.4, -0.2) is 53.2 Å². The van der Waals surface area contributed by atoms with Crippen LogP contribution >= 0.6 is 11.6 Å². The number of hydrogen-bond donors (Lipinski definition) is 4. The van der Waals surface area contributed by atoms with Gasteiger partial charge in [-0.1, -0.05) is 23.7 Å². The van der Waals surface area contributed by atoms with E-state index in [1.54, 1.807) is 38.4 Å². The number of aryl methyl sites for hydroxylation is 1. The first-order valence-electron chi connectivity index (χ1n) is 14.2. The molecule has 4 aromatic rings. The number of benzene rings is 2. The second-order valence-corrected chi connectivity index (χ2v) is 10.6. The zero-order valence-electron chi connectivity index (χ0n) is 24.8. The molecule has 4 rings (SSSR count). The molecule has 0 aliphatic heterocycles. The minimum atomic E-state index is -0.528. The predicted molar refractivity (Wildman–Crippen MR) is 175 cm³/mol. The molecule has 0 saturated carbocycles. The fraction of sp³-hybridized carbons (Fsp3) is 0.344. The molecule has 2 aromatic carbocycles. The number of H-pyrrole nitrogens is 1. The zero-order valence-corrected chi connectivity index (χ0v) is 25.6. The first-order chi connectivity index (χ1) is 20.7. The van der Waals surface area contributed by atoms with E-state index in [2.05, 4.69) is 33.4 Å². The summed E-state index contributed by atoms with van der Waals surface area (Å²) < 4.78 is 21.7. The van der Waals surface area contributed by atoms with Crippen molar-refractivity contribution in [2.75, 3.05) is 26.8 Å². The normalized spacial score (nSPS) is 12.3. The maximum absolute atomic E-state index is 15.1. The van der Waals surface area contributed by atoms with Crippen LogP contribution in [0.4, 0.5) is 4.39 Å². The summed E-state index contributed by atoms with van der Waals surface area (Å²) in [5, 5.41) is 4.09. The number of amidine groups is 1. The van der Waals surface area contributed by atoms with Crippen molar-refractivity contribution >= 4 is 28.5 Å². The molecule has 0 fully saturated rings. The predicted octanol–water partition coefficient (Wildman–Crippen LogP) is 5.13. The number of methoxy groups -OCH3 is 1. The molecule has 0 aliphatic rings. The number of hydrogen-bond acceptors (Lipinski definition) is 6. The van der Waals surface area contributed by atoms with Gasteiger partial charge >= 0.3 is 5.69 Å². The molecule has 0 amide bonds. The van der Waals surface area contributed by atoms with Gasteiger partial charge < -0.3 is 26.5 Å². The van der Waals surface area contributed by atoms with Gasteiger partial charge in [0, 0.05) is 43.4 Å². The Morgan fingerprint density at radius 1 is 1.21 bits per heavy atom. The van der Waals surface area contributed by atoms with Crippen LogP contribution in [0.2, 0.25) is 5.02 Å². The van der Waals surface area contributed by atoms with E-state index in [1.807, 2.05) is 24.3 Å². The lowest BCUT2D eigenvalue weighted by Crippen LogP contribution is -2.25. The fourth-order valence-corrected chi connectivity index (χ4v) is 4.88. The van der Waals surface area contributed by atoms with Gasteiger partial charge in [0.2, 0.25) is 0 Å². The fourth-order valence-electron chi connectivity index (χ4n) is 4.64. The van der Waals surface area contributed by atoms with E-state index >= 15 is 4.39 Å². The van der Waals surface area contributed by atoms with E-state index in [1.165, 1.54) is 4.57 Å². The molecule has 43 heavy (non-hydrogen) atoms. The van der Waals surface area contributed by atoms with E-state index in [-0.39, 0.29) is 11.1 Å². The molecule has 2 heterocycles. The average molecular weight is 610 g/mol. The Kier molecular flexibility index (Phi) is 13.1. The average Bonchev–Trinajstić information content (AvgIpc) is 3.40. The minimum Gasteiger partial charge on any atom is -0.388 e. The third kappa shape index (κ3) is 9.59. The molecule has 2 aromatic heterocycles. The molecule has 0 spiro atoms. The summed E-state index contributed by atoms with van der Waals surface area (Å²) in [6.45, 7) is 10.5. The quantitative estimate of drug-likeness (QED) is 0.0677. The highest BCUT2D eigenvalue weighted by Crippen LogP contribution is 2.31. The van der Waals surface area contributed by atoms with Gasteiger partial charge in [-0.2, -0.15) is 4.98 Å². The highest BCUT2D eigenvalue weighted by atomic mass is 35.5. The summed E-state index contributed by atoms with van der Waals surface area (Å²) in [6, 6.07) is 12.8. The Hall–Kier alpha value is -3.83. The number of nitrogens with zero attached hydrogens (tertiary/aromatic N) is 3. The van der Waals surface area contributed by atoms with Crippen molar-refractivity contribution in [1.29, 1.82) is 0 Å².